The lowest BCUT2D eigenvalue weighted by atomic mass is 10.3. The average Bonchev–Trinajstić information content (AvgIpc) is 2.16. The van der Waals surface area contributed by atoms with E-state index in [1.165, 1.54) is 6.07 Å². The maximum Gasteiger partial charge on any atom is 0.191 e. The molecule has 0 unspecified atom stereocenters. The molecule has 1 aromatic rings. The molecule has 3 N–H and O–H groups in total. The highest BCUT2D eigenvalue weighted by molar-refractivity contribution is 5.81. The second-order valence-electron chi connectivity index (χ2n) is 2.43. The molecule has 76 valence electrons. The van der Waals surface area contributed by atoms with Crippen LogP contribution in [-0.2, 0) is 0 Å². The molecule has 1 aromatic carbocycles. The Morgan fingerprint density at radius 3 is 2.50 bits per heavy atom. The van der Waals surface area contributed by atoms with Crippen LogP contribution in [0.25, 0.3) is 0 Å². The summed E-state index contributed by atoms with van der Waals surface area (Å²) in [6.45, 7) is -0.381. The summed E-state index contributed by atoms with van der Waals surface area (Å²) in [5, 5.41) is 10.7. The number of ether oxygens (including phenoxy) is 1. The van der Waals surface area contributed by atoms with Gasteiger partial charge in [0.25, 0.3) is 0 Å². The van der Waals surface area contributed by atoms with Crippen LogP contribution in [0.15, 0.2) is 23.4 Å². The van der Waals surface area contributed by atoms with Crippen molar-refractivity contribution in [1.82, 2.24) is 0 Å². The Kier molecular flexibility index (Phi) is 3.22. The van der Waals surface area contributed by atoms with Crippen LogP contribution in [0, 0.1) is 11.6 Å². The molecule has 0 fully saturated rings. The van der Waals surface area contributed by atoms with Gasteiger partial charge in [-0.2, -0.15) is 0 Å². The number of hydrogen-bond donors (Lipinski definition) is 2. The van der Waals surface area contributed by atoms with E-state index in [1.807, 2.05) is 0 Å². The van der Waals surface area contributed by atoms with Crippen LogP contribution in [-0.4, -0.2) is 17.6 Å². The van der Waals surface area contributed by atoms with Gasteiger partial charge in [0.2, 0.25) is 0 Å². The van der Waals surface area contributed by atoms with Crippen molar-refractivity contribution in [2.45, 2.75) is 0 Å². The van der Waals surface area contributed by atoms with Crippen LogP contribution < -0.4 is 10.5 Å². The van der Waals surface area contributed by atoms with Gasteiger partial charge in [0.1, 0.15) is 6.61 Å². The number of hydrogen-bond acceptors (Lipinski definition) is 3. The van der Waals surface area contributed by atoms with Gasteiger partial charge < -0.3 is 15.7 Å². The van der Waals surface area contributed by atoms with Crippen LogP contribution in [0.5, 0.6) is 5.75 Å². The zero-order chi connectivity index (χ0) is 10.6. The van der Waals surface area contributed by atoms with E-state index in [0.717, 1.165) is 12.1 Å². The predicted molar refractivity (Wildman–Crippen MR) is 45.3 cm³/mol. The summed E-state index contributed by atoms with van der Waals surface area (Å²) in [6, 6.07) is 3.30. The second kappa shape index (κ2) is 4.40. The quantitative estimate of drug-likeness (QED) is 0.333. The highest BCUT2D eigenvalue weighted by Gasteiger charge is 2.09. The first-order chi connectivity index (χ1) is 6.65. The minimum atomic E-state index is -0.837. The van der Waals surface area contributed by atoms with Crippen molar-refractivity contribution in [3.8, 4) is 5.75 Å². The maximum atomic E-state index is 12.9. The van der Waals surface area contributed by atoms with Gasteiger partial charge in [-0.1, -0.05) is 11.2 Å². The van der Waals surface area contributed by atoms with Crippen molar-refractivity contribution in [3.63, 3.8) is 0 Å². The van der Waals surface area contributed by atoms with E-state index in [4.69, 9.17) is 10.9 Å². The number of nitrogens with zero attached hydrogens (tertiary/aromatic N) is 1. The summed E-state index contributed by atoms with van der Waals surface area (Å²) in [5.74, 6) is -2.49. The Morgan fingerprint density at radius 2 is 2.00 bits per heavy atom. The maximum absolute atomic E-state index is 12.9. The molecule has 0 aliphatic heterocycles. The molecular formula is C8H8F2N2O2. The molecule has 0 bridgehead atoms. The highest BCUT2D eigenvalue weighted by atomic mass is 19.1. The first-order valence-electron chi connectivity index (χ1n) is 3.68. The summed E-state index contributed by atoms with van der Waals surface area (Å²) in [7, 11) is 0. The molecule has 0 aliphatic rings. The van der Waals surface area contributed by atoms with E-state index in [9.17, 15) is 8.78 Å². The van der Waals surface area contributed by atoms with Gasteiger partial charge in [0.05, 0.1) is 0 Å². The molecule has 6 heteroatoms. The minimum absolute atomic E-state index is 0.271. The van der Waals surface area contributed by atoms with E-state index in [0.29, 0.717) is 0 Å². The number of oxime groups is 1. The molecule has 4 nitrogen and oxygen atoms in total. The van der Waals surface area contributed by atoms with E-state index < -0.39 is 17.4 Å². The molecule has 14 heavy (non-hydrogen) atoms. The lowest BCUT2D eigenvalue weighted by molar-refractivity contribution is 0.297. The van der Waals surface area contributed by atoms with Crippen molar-refractivity contribution in [2.75, 3.05) is 6.61 Å². The molecule has 0 saturated heterocycles. The monoisotopic (exact) mass is 202 g/mol. The van der Waals surface area contributed by atoms with Gasteiger partial charge >= 0.3 is 0 Å². The summed E-state index contributed by atoms with van der Waals surface area (Å²) >= 11 is 0. The lowest BCUT2D eigenvalue weighted by Crippen LogP contribution is -2.21. The highest BCUT2D eigenvalue weighted by Crippen LogP contribution is 2.20. The number of nitrogens with two attached hydrogens (primary N) is 1. The Bertz CT molecular complexity index is 335. The lowest BCUT2D eigenvalue weighted by Gasteiger charge is -2.06. The summed E-state index contributed by atoms with van der Waals surface area (Å²) in [5.41, 5.74) is 5.05. The fourth-order valence-electron chi connectivity index (χ4n) is 0.795. The van der Waals surface area contributed by atoms with Gasteiger partial charge in [0.15, 0.2) is 23.2 Å². The normalized spacial score (nSPS) is 11.4. The molecule has 1 rings (SSSR count). The minimum Gasteiger partial charge on any atom is -0.479 e. The molecule has 0 saturated carbocycles. The predicted octanol–water partition coefficient (Wildman–Crippen LogP) is 1.09. The Hall–Kier alpha value is -1.85. The van der Waals surface area contributed by atoms with Crippen LogP contribution in [0.3, 0.4) is 0 Å². The number of halogens is 2. The van der Waals surface area contributed by atoms with Crippen molar-refractivity contribution in [3.05, 3.63) is 29.8 Å². The Balaban J connectivity index is 2.76. The van der Waals surface area contributed by atoms with Crippen LogP contribution >= 0.6 is 0 Å². The third-order valence-electron chi connectivity index (χ3n) is 1.41. The fourth-order valence-corrected chi connectivity index (χ4v) is 0.795. The van der Waals surface area contributed by atoms with Crippen molar-refractivity contribution in [1.29, 1.82) is 0 Å². The van der Waals surface area contributed by atoms with Crippen molar-refractivity contribution < 1.29 is 18.7 Å². The summed E-state index contributed by atoms with van der Waals surface area (Å²) in [4.78, 5) is 0. The SMILES string of the molecule is N/C(COc1c(F)cccc1F)=N/O. The molecule has 0 heterocycles. The van der Waals surface area contributed by atoms with E-state index in [1.54, 1.807) is 0 Å². The van der Waals surface area contributed by atoms with Gasteiger partial charge in [0, 0.05) is 0 Å². The summed E-state index contributed by atoms with van der Waals surface area (Å²) in [6.07, 6.45) is 0. The smallest absolute Gasteiger partial charge is 0.191 e. The van der Waals surface area contributed by atoms with E-state index in [2.05, 4.69) is 9.89 Å². The van der Waals surface area contributed by atoms with Gasteiger partial charge in [-0.05, 0) is 12.1 Å². The second-order valence-corrected chi connectivity index (χ2v) is 2.43. The Morgan fingerprint density at radius 1 is 1.43 bits per heavy atom. The molecule has 0 aliphatic carbocycles. The largest absolute Gasteiger partial charge is 0.479 e. The third kappa shape index (κ3) is 2.32. The van der Waals surface area contributed by atoms with Crippen molar-refractivity contribution >= 4 is 5.84 Å². The number of para-hydroxylation sites is 1. The molecule has 0 spiro atoms. The van der Waals surface area contributed by atoms with E-state index >= 15 is 0 Å². The molecule has 0 atom stereocenters. The average molecular weight is 202 g/mol. The molecule has 0 radical (unpaired) electrons. The summed E-state index contributed by atoms with van der Waals surface area (Å²) < 4.78 is 30.4. The Labute approximate surface area is 78.6 Å². The van der Waals surface area contributed by atoms with Crippen LogP contribution in [0.2, 0.25) is 0 Å². The zero-order valence-electron chi connectivity index (χ0n) is 7.08. The molecular weight excluding hydrogens is 194 g/mol. The topological polar surface area (TPSA) is 67.8 Å². The standard InChI is InChI=1S/C8H8F2N2O2/c9-5-2-1-3-6(10)8(5)14-4-7(11)12-13/h1-3,13H,4H2,(H2,11,12). The number of benzene rings is 1. The molecule has 0 amide bonds. The van der Waals surface area contributed by atoms with E-state index in [-0.39, 0.29) is 12.4 Å². The van der Waals surface area contributed by atoms with Crippen molar-refractivity contribution in [2.24, 2.45) is 10.9 Å². The number of amidine groups is 1. The van der Waals surface area contributed by atoms with Crippen LogP contribution in [0.4, 0.5) is 8.78 Å². The van der Waals surface area contributed by atoms with Gasteiger partial charge in [-0.3, -0.25) is 0 Å². The first-order valence-corrected chi connectivity index (χ1v) is 3.68. The van der Waals surface area contributed by atoms with Gasteiger partial charge in [-0.25, -0.2) is 8.78 Å². The zero-order valence-corrected chi connectivity index (χ0v) is 7.08. The molecule has 0 aromatic heterocycles. The first kappa shape index (κ1) is 10.2. The fraction of sp³-hybridized carbons (Fsp3) is 0.125. The third-order valence-corrected chi connectivity index (χ3v) is 1.41. The number of rotatable bonds is 3. The van der Waals surface area contributed by atoms with Crippen LogP contribution in [0.1, 0.15) is 0 Å². The van der Waals surface area contributed by atoms with Gasteiger partial charge in [-0.15, -0.1) is 0 Å².